The van der Waals surface area contributed by atoms with Crippen molar-refractivity contribution in [2.45, 2.75) is 25.5 Å². The van der Waals surface area contributed by atoms with Gasteiger partial charge in [0, 0.05) is 61.4 Å². The Kier molecular flexibility index (Phi) is 4.48. The third-order valence-corrected chi connectivity index (χ3v) is 5.03. The Balaban J connectivity index is 1.39. The highest BCUT2D eigenvalue weighted by molar-refractivity contribution is 6.30. The number of nitrogens with zero attached hydrogens (tertiary/aromatic N) is 2. The maximum atomic E-state index is 6.23. The Morgan fingerprint density at radius 1 is 1.38 bits per heavy atom. The molecule has 5 nitrogen and oxygen atoms in total. The van der Waals surface area contributed by atoms with Crippen molar-refractivity contribution < 1.29 is 9.47 Å². The molecule has 2 aromatic rings. The zero-order chi connectivity index (χ0) is 16.5. The summed E-state index contributed by atoms with van der Waals surface area (Å²) in [6.45, 7) is 3.23. The summed E-state index contributed by atoms with van der Waals surface area (Å²) in [6.07, 6.45) is 6.09. The largest absolute Gasteiger partial charge is 0.493 e. The quantitative estimate of drug-likeness (QED) is 0.903. The van der Waals surface area contributed by atoms with Crippen LogP contribution in [-0.4, -0.2) is 29.5 Å². The minimum Gasteiger partial charge on any atom is -0.493 e. The summed E-state index contributed by atoms with van der Waals surface area (Å²) >= 11 is 6.23. The molecule has 2 aliphatic heterocycles. The Bertz CT molecular complexity index is 731. The van der Waals surface area contributed by atoms with Crippen LogP contribution in [-0.2, 0) is 24.8 Å². The second-order valence-corrected chi connectivity index (χ2v) is 7.01. The van der Waals surface area contributed by atoms with Crippen LogP contribution in [0.5, 0.6) is 5.75 Å². The molecule has 0 bridgehead atoms. The third kappa shape index (κ3) is 3.16. The van der Waals surface area contributed by atoms with E-state index in [0.717, 1.165) is 61.0 Å². The van der Waals surface area contributed by atoms with E-state index in [-0.39, 0.29) is 6.10 Å². The molecule has 0 aliphatic carbocycles. The van der Waals surface area contributed by atoms with Gasteiger partial charge in [-0.05, 0) is 24.1 Å². The summed E-state index contributed by atoms with van der Waals surface area (Å²) in [5.74, 6) is 1.47. The molecule has 1 N–H and O–H groups in total. The lowest BCUT2D eigenvalue weighted by molar-refractivity contribution is 0.0904. The van der Waals surface area contributed by atoms with Crippen molar-refractivity contribution in [3.05, 3.63) is 46.2 Å². The smallest absolute Gasteiger partial charge is 0.127 e. The molecule has 24 heavy (non-hydrogen) atoms. The summed E-state index contributed by atoms with van der Waals surface area (Å²) in [6, 6.07) is 4.01. The molecule has 2 aliphatic rings. The fourth-order valence-corrected chi connectivity index (χ4v) is 3.93. The maximum Gasteiger partial charge on any atom is 0.127 e. The number of aryl methyl sites for hydroxylation is 1. The van der Waals surface area contributed by atoms with E-state index in [1.165, 1.54) is 5.56 Å². The fourth-order valence-electron chi connectivity index (χ4n) is 3.67. The number of benzene rings is 1. The molecule has 1 fully saturated rings. The molecule has 1 saturated heterocycles. The lowest BCUT2D eigenvalue weighted by atomic mass is 9.97. The highest BCUT2D eigenvalue weighted by Crippen LogP contribution is 2.35. The van der Waals surface area contributed by atoms with E-state index >= 15 is 0 Å². The van der Waals surface area contributed by atoms with Crippen LogP contribution in [0.15, 0.2) is 24.5 Å². The number of hydrogen-bond acceptors (Lipinski definition) is 4. The van der Waals surface area contributed by atoms with Crippen molar-refractivity contribution in [2.75, 3.05) is 19.8 Å². The van der Waals surface area contributed by atoms with Gasteiger partial charge in [-0.3, -0.25) is 4.68 Å². The second kappa shape index (κ2) is 6.75. The lowest BCUT2D eigenvalue weighted by Gasteiger charge is -2.18. The van der Waals surface area contributed by atoms with Crippen LogP contribution < -0.4 is 10.1 Å². The van der Waals surface area contributed by atoms with Gasteiger partial charge in [0.2, 0.25) is 0 Å². The molecule has 3 heterocycles. The number of ether oxygens (including phenoxy) is 2. The molecule has 1 aromatic carbocycles. The standard InChI is InChI=1S/C18H22ClN3O2/c1-22-11-15(10-21-22)18-13(3-5-24-18)8-20-9-14-7-16(19)6-12-2-4-23-17(12)14/h6-7,10-11,13,18,20H,2-5,8-9H2,1H3/t13-,18+/m0/s1. The highest BCUT2D eigenvalue weighted by atomic mass is 35.5. The third-order valence-electron chi connectivity index (χ3n) is 4.81. The Morgan fingerprint density at radius 3 is 3.12 bits per heavy atom. The fraction of sp³-hybridized carbons (Fsp3) is 0.500. The van der Waals surface area contributed by atoms with Crippen molar-refractivity contribution in [1.82, 2.24) is 15.1 Å². The molecule has 2 atom stereocenters. The molecule has 0 unspecified atom stereocenters. The molecule has 0 amide bonds. The predicted molar refractivity (Wildman–Crippen MR) is 92.4 cm³/mol. The first-order chi connectivity index (χ1) is 11.7. The maximum absolute atomic E-state index is 6.23. The molecule has 6 heteroatoms. The van der Waals surface area contributed by atoms with Crippen LogP contribution >= 0.6 is 11.6 Å². The van der Waals surface area contributed by atoms with Gasteiger partial charge in [-0.15, -0.1) is 0 Å². The van der Waals surface area contributed by atoms with E-state index < -0.39 is 0 Å². The first-order valence-corrected chi connectivity index (χ1v) is 8.83. The van der Waals surface area contributed by atoms with E-state index in [1.54, 1.807) is 0 Å². The number of fused-ring (bicyclic) bond motifs is 1. The monoisotopic (exact) mass is 347 g/mol. The van der Waals surface area contributed by atoms with Gasteiger partial charge in [0.1, 0.15) is 5.75 Å². The van der Waals surface area contributed by atoms with Gasteiger partial charge in [-0.25, -0.2) is 0 Å². The van der Waals surface area contributed by atoms with Crippen LogP contribution in [0.3, 0.4) is 0 Å². The van der Waals surface area contributed by atoms with Crippen molar-refractivity contribution >= 4 is 11.6 Å². The Hall–Kier alpha value is -1.56. The SMILES string of the molecule is Cn1cc([C@@H]2OCC[C@H]2CNCc2cc(Cl)cc3c2OCC3)cn1. The van der Waals surface area contributed by atoms with Crippen LogP contribution in [0.2, 0.25) is 5.02 Å². The predicted octanol–water partition coefficient (Wildman–Crippen LogP) is 2.88. The lowest BCUT2D eigenvalue weighted by Crippen LogP contribution is -2.24. The molecule has 1 aromatic heterocycles. The van der Waals surface area contributed by atoms with Crippen LogP contribution in [0, 0.1) is 5.92 Å². The highest BCUT2D eigenvalue weighted by Gasteiger charge is 2.30. The molecule has 0 saturated carbocycles. The van der Waals surface area contributed by atoms with Crippen molar-refractivity contribution in [3.63, 3.8) is 0 Å². The average molecular weight is 348 g/mol. The van der Waals surface area contributed by atoms with Gasteiger partial charge in [-0.2, -0.15) is 5.10 Å². The summed E-state index contributed by atoms with van der Waals surface area (Å²) in [5.41, 5.74) is 3.53. The number of halogens is 1. The molecule has 0 spiro atoms. The summed E-state index contributed by atoms with van der Waals surface area (Å²) in [7, 11) is 1.94. The van der Waals surface area contributed by atoms with Crippen molar-refractivity contribution in [1.29, 1.82) is 0 Å². The summed E-state index contributed by atoms with van der Waals surface area (Å²) in [5, 5.41) is 8.60. The van der Waals surface area contributed by atoms with E-state index in [1.807, 2.05) is 36.3 Å². The number of rotatable bonds is 5. The molecular formula is C18H22ClN3O2. The van der Waals surface area contributed by atoms with Gasteiger partial charge in [0.15, 0.2) is 0 Å². The Labute approximate surface area is 146 Å². The van der Waals surface area contributed by atoms with Crippen LogP contribution in [0.25, 0.3) is 0 Å². The van der Waals surface area contributed by atoms with E-state index in [2.05, 4.69) is 10.4 Å². The van der Waals surface area contributed by atoms with Gasteiger partial charge >= 0.3 is 0 Å². The molecular weight excluding hydrogens is 326 g/mol. The van der Waals surface area contributed by atoms with E-state index in [0.29, 0.717) is 5.92 Å². The van der Waals surface area contributed by atoms with Crippen molar-refractivity contribution in [3.8, 4) is 5.75 Å². The van der Waals surface area contributed by atoms with E-state index in [4.69, 9.17) is 21.1 Å². The summed E-state index contributed by atoms with van der Waals surface area (Å²) in [4.78, 5) is 0. The van der Waals surface area contributed by atoms with Gasteiger partial charge in [-0.1, -0.05) is 11.6 Å². The first-order valence-electron chi connectivity index (χ1n) is 8.45. The minimum absolute atomic E-state index is 0.132. The first kappa shape index (κ1) is 15.9. The zero-order valence-electron chi connectivity index (χ0n) is 13.8. The van der Waals surface area contributed by atoms with Gasteiger partial charge in [0.05, 0.1) is 18.9 Å². The van der Waals surface area contributed by atoms with Gasteiger partial charge < -0.3 is 14.8 Å². The molecule has 4 rings (SSSR count). The van der Waals surface area contributed by atoms with Crippen LogP contribution in [0.4, 0.5) is 0 Å². The topological polar surface area (TPSA) is 48.3 Å². The summed E-state index contributed by atoms with van der Waals surface area (Å²) < 4.78 is 13.5. The molecule has 128 valence electrons. The minimum atomic E-state index is 0.132. The van der Waals surface area contributed by atoms with E-state index in [9.17, 15) is 0 Å². The number of hydrogen-bond donors (Lipinski definition) is 1. The zero-order valence-corrected chi connectivity index (χ0v) is 14.6. The second-order valence-electron chi connectivity index (χ2n) is 6.57. The van der Waals surface area contributed by atoms with Gasteiger partial charge in [0.25, 0.3) is 0 Å². The average Bonchev–Trinajstić information content (AvgIpc) is 3.26. The molecule has 0 radical (unpaired) electrons. The van der Waals surface area contributed by atoms with Crippen molar-refractivity contribution in [2.24, 2.45) is 13.0 Å². The number of nitrogens with one attached hydrogen (secondary N) is 1. The Morgan fingerprint density at radius 2 is 2.29 bits per heavy atom. The normalized spacial score (nSPS) is 22.6. The van der Waals surface area contributed by atoms with Crippen LogP contribution in [0.1, 0.15) is 29.2 Å². The number of aromatic nitrogens is 2.